The Morgan fingerprint density at radius 2 is 1.11 bits per heavy atom. The lowest BCUT2D eigenvalue weighted by Crippen LogP contribution is -2.29. The molecule has 0 amide bonds. The fourth-order valence-electron chi connectivity index (χ4n) is 4.98. The van der Waals surface area contributed by atoms with Gasteiger partial charge in [-0.25, -0.2) is 4.57 Å². The highest BCUT2D eigenvalue weighted by Gasteiger charge is 2.25. The zero-order valence-corrected chi connectivity index (χ0v) is 30.9. The van der Waals surface area contributed by atoms with Crippen molar-refractivity contribution in [2.24, 2.45) is 5.73 Å². The predicted molar refractivity (Wildman–Crippen MR) is 192 cm³/mol. The van der Waals surface area contributed by atoms with Gasteiger partial charge in [0.2, 0.25) is 0 Å². The Kier molecular flexibility index (Phi) is 33.3. The largest absolute Gasteiger partial charge is 0.472 e. The van der Waals surface area contributed by atoms with E-state index in [2.05, 4.69) is 32.1 Å². The summed E-state index contributed by atoms with van der Waals surface area (Å²) in [5.41, 5.74) is 5.32. The van der Waals surface area contributed by atoms with Crippen molar-refractivity contribution in [3.63, 3.8) is 0 Å². The maximum absolute atomic E-state index is 12.5. The first-order valence-corrected chi connectivity index (χ1v) is 20.3. The van der Waals surface area contributed by atoms with Crippen molar-refractivity contribution in [3.8, 4) is 0 Å². The van der Waals surface area contributed by atoms with Crippen LogP contribution in [0, 0.1) is 0 Å². The molecular weight excluding hydrogens is 617 g/mol. The Morgan fingerprint density at radius 3 is 1.66 bits per heavy atom. The van der Waals surface area contributed by atoms with E-state index in [9.17, 15) is 19.0 Å². The highest BCUT2D eigenvalue weighted by molar-refractivity contribution is 7.47. The molecule has 0 fully saturated rings. The van der Waals surface area contributed by atoms with Crippen LogP contribution in [0.1, 0.15) is 168 Å². The Hall–Kier alpha value is -1.51. The Balaban J connectivity index is 4.26. The van der Waals surface area contributed by atoms with Gasteiger partial charge < -0.3 is 20.1 Å². The topological polar surface area (TPSA) is 134 Å². The van der Waals surface area contributed by atoms with Crippen molar-refractivity contribution in [2.45, 2.75) is 174 Å². The third-order valence-electron chi connectivity index (χ3n) is 7.82. The lowest BCUT2D eigenvalue weighted by atomic mass is 10.1. The van der Waals surface area contributed by atoms with Crippen molar-refractivity contribution in [3.05, 3.63) is 24.3 Å². The summed E-state index contributed by atoms with van der Waals surface area (Å²) >= 11 is 0. The second-order valence-corrected chi connectivity index (χ2v) is 13.9. The Labute approximate surface area is 287 Å². The molecule has 1 unspecified atom stereocenters. The molecule has 3 N–H and O–H groups in total. The van der Waals surface area contributed by atoms with Gasteiger partial charge in [0.05, 0.1) is 13.2 Å². The van der Waals surface area contributed by atoms with Crippen LogP contribution in [-0.2, 0) is 32.7 Å². The summed E-state index contributed by atoms with van der Waals surface area (Å²) in [4.78, 5) is 34.6. The molecule has 0 radical (unpaired) electrons. The molecule has 0 rings (SSSR count). The second-order valence-electron chi connectivity index (χ2n) is 12.4. The van der Waals surface area contributed by atoms with Gasteiger partial charge in [-0.2, -0.15) is 0 Å². The standard InChI is InChI=1S/C37H70NO8P/c1-3-5-7-9-11-13-15-16-17-18-20-21-23-25-27-29-36(39)43-33-35(34-45-47(41,42)44-32-31-38)46-37(40)30-28-26-24-22-19-14-12-10-8-6-4-2/h10,12,23,25,35H,3-9,11,13-22,24,26-34,38H2,1-2H3,(H,41,42)/b12-10+,25-23+/t35-/m1/s1. The summed E-state index contributed by atoms with van der Waals surface area (Å²) in [7, 11) is -4.37. The first kappa shape index (κ1) is 45.5. The first-order valence-electron chi connectivity index (χ1n) is 18.8. The number of ether oxygens (including phenoxy) is 2. The number of rotatable bonds is 35. The molecule has 0 heterocycles. The summed E-state index contributed by atoms with van der Waals surface area (Å²) in [6, 6.07) is 0. The Morgan fingerprint density at radius 1 is 0.617 bits per heavy atom. The minimum Gasteiger partial charge on any atom is -0.462 e. The van der Waals surface area contributed by atoms with Gasteiger partial charge in [0.15, 0.2) is 6.10 Å². The van der Waals surface area contributed by atoms with Gasteiger partial charge in [-0.3, -0.25) is 18.6 Å². The van der Waals surface area contributed by atoms with Gasteiger partial charge in [-0.15, -0.1) is 0 Å². The third-order valence-corrected chi connectivity index (χ3v) is 8.81. The molecule has 0 aromatic heterocycles. The molecule has 276 valence electrons. The van der Waals surface area contributed by atoms with Crippen LogP contribution in [0.5, 0.6) is 0 Å². The monoisotopic (exact) mass is 687 g/mol. The van der Waals surface area contributed by atoms with E-state index in [0.29, 0.717) is 12.8 Å². The number of phosphoric ester groups is 1. The van der Waals surface area contributed by atoms with Crippen LogP contribution >= 0.6 is 7.82 Å². The molecule has 0 bridgehead atoms. The third kappa shape index (κ3) is 34.2. The van der Waals surface area contributed by atoms with Gasteiger partial charge in [-0.1, -0.05) is 134 Å². The number of nitrogens with two attached hydrogens (primary N) is 1. The summed E-state index contributed by atoms with van der Waals surface area (Å²) in [5.74, 6) is -0.897. The molecule has 0 aromatic carbocycles. The SMILES string of the molecule is CCCC/C=C/CCCCCCCC(=O)O[C@H](COC(=O)CC/C=C/CCCCCCCCCCCCC)COP(=O)(O)OCCN. The van der Waals surface area contributed by atoms with Gasteiger partial charge in [0.1, 0.15) is 6.61 Å². The number of esters is 2. The van der Waals surface area contributed by atoms with Crippen molar-refractivity contribution in [1.29, 1.82) is 0 Å². The van der Waals surface area contributed by atoms with E-state index in [-0.39, 0.29) is 32.6 Å². The molecule has 0 aliphatic heterocycles. The minimum atomic E-state index is -4.37. The average Bonchev–Trinajstić information content (AvgIpc) is 3.05. The van der Waals surface area contributed by atoms with Crippen LogP contribution in [0.3, 0.4) is 0 Å². The molecule has 0 aliphatic rings. The van der Waals surface area contributed by atoms with Crippen molar-refractivity contribution >= 4 is 19.8 Å². The van der Waals surface area contributed by atoms with E-state index in [1.165, 1.54) is 77.0 Å². The lowest BCUT2D eigenvalue weighted by Gasteiger charge is -2.19. The van der Waals surface area contributed by atoms with E-state index >= 15 is 0 Å². The number of hydrogen-bond acceptors (Lipinski definition) is 8. The molecule has 0 aromatic rings. The molecule has 0 spiro atoms. The maximum Gasteiger partial charge on any atom is 0.472 e. The van der Waals surface area contributed by atoms with Gasteiger partial charge in [-0.05, 0) is 44.9 Å². The fraction of sp³-hybridized carbons (Fsp3) is 0.838. The number of carbonyl (C=O) groups is 2. The van der Waals surface area contributed by atoms with Crippen LogP contribution in [0.15, 0.2) is 24.3 Å². The molecule has 0 aliphatic carbocycles. The molecule has 47 heavy (non-hydrogen) atoms. The lowest BCUT2D eigenvalue weighted by molar-refractivity contribution is -0.161. The second kappa shape index (κ2) is 34.4. The highest BCUT2D eigenvalue weighted by Crippen LogP contribution is 2.43. The van der Waals surface area contributed by atoms with E-state index in [0.717, 1.165) is 51.4 Å². The van der Waals surface area contributed by atoms with Gasteiger partial charge in [0.25, 0.3) is 0 Å². The number of unbranched alkanes of at least 4 members (excludes halogenated alkanes) is 18. The summed E-state index contributed by atoms with van der Waals surface area (Å²) < 4.78 is 32.5. The fourth-order valence-corrected chi connectivity index (χ4v) is 5.75. The van der Waals surface area contributed by atoms with Crippen LogP contribution < -0.4 is 5.73 Å². The minimum absolute atomic E-state index is 0.0490. The van der Waals surface area contributed by atoms with E-state index in [4.69, 9.17) is 24.3 Å². The van der Waals surface area contributed by atoms with Crippen molar-refractivity contribution in [2.75, 3.05) is 26.4 Å². The average molecular weight is 688 g/mol. The number of carbonyl (C=O) groups excluding carboxylic acids is 2. The smallest absolute Gasteiger partial charge is 0.462 e. The molecule has 0 saturated carbocycles. The summed E-state index contributed by atoms with van der Waals surface area (Å²) in [5, 5.41) is 0. The number of phosphoric acid groups is 1. The molecule has 9 nitrogen and oxygen atoms in total. The van der Waals surface area contributed by atoms with Crippen LogP contribution in [0.25, 0.3) is 0 Å². The molecular formula is C37H70NO8P. The predicted octanol–water partition coefficient (Wildman–Crippen LogP) is 10.0. The van der Waals surface area contributed by atoms with E-state index in [1.54, 1.807) is 0 Å². The van der Waals surface area contributed by atoms with Gasteiger partial charge in [0, 0.05) is 19.4 Å². The number of allylic oxidation sites excluding steroid dienone is 4. The Bertz CT molecular complexity index is 835. The summed E-state index contributed by atoms with van der Waals surface area (Å²) in [6.07, 6.45) is 33.7. The zero-order valence-electron chi connectivity index (χ0n) is 30.0. The van der Waals surface area contributed by atoms with Crippen molar-refractivity contribution < 1.29 is 37.6 Å². The van der Waals surface area contributed by atoms with E-state index < -0.39 is 32.5 Å². The normalized spacial score (nSPS) is 13.7. The quantitative estimate of drug-likeness (QED) is 0.0289. The summed E-state index contributed by atoms with van der Waals surface area (Å²) in [6.45, 7) is 3.63. The highest BCUT2D eigenvalue weighted by atomic mass is 31.2. The van der Waals surface area contributed by atoms with Crippen molar-refractivity contribution in [1.82, 2.24) is 0 Å². The van der Waals surface area contributed by atoms with E-state index in [1.807, 2.05) is 6.08 Å². The molecule has 0 saturated heterocycles. The maximum atomic E-state index is 12.5. The van der Waals surface area contributed by atoms with Gasteiger partial charge >= 0.3 is 19.8 Å². The number of hydrogen-bond donors (Lipinski definition) is 2. The van der Waals surface area contributed by atoms with Crippen LogP contribution in [-0.4, -0.2) is 49.3 Å². The van der Waals surface area contributed by atoms with Crippen LogP contribution in [0.4, 0.5) is 0 Å². The molecule has 10 heteroatoms. The zero-order chi connectivity index (χ0) is 34.7. The van der Waals surface area contributed by atoms with Crippen LogP contribution in [0.2, 0.25) is 0 Å². The first-order chi connectivity index (χ1) is 22.8. The molecule has 2 atom stereocenters.